The van der Waals surface area contributed by atoms with E-state index in [1.807, 2.05) is 36.5 Å². The van der Waals surface area contributed by atoms with Gasteiger partial charge in [0.25, 0.3) is 5.91 Å². The fraction of sp³-hybridized carbons (Fsp3) is 0.250. The van der Waals surface area contributed by atoms with E-state index in [0.29, 0.717) is 5.56 Å². The quantitative estimate of drug-likeness (QED) is 0.843. The fourth-order valence-electron chi connectivity index (χ4n) is 2.03. The van der Waals surface area contributed by atoms with Crippen molar-refractivity contribution >= 4 is 5.91 Å². The number of aryl methyl sites for hydroxylation is 1. The van der Waals surface area contributed by atoms with Gasteiger partial charge in [-0.1, -0.05) is 25.1 Å². The summed E-state index contributed by atoms with van der Waals surface area (Å²) >= 11 is 0. The predicted octanol–water partition coefficient (Wildman–Crippen LogP) is 3.01. The van der Waals surface area contributed by atoms with E-state index in [-0.39, 0.29) is 5.91 Å². The summed E-state index contributed by atoms with van der Waals surface area (Å²) in [5, 5.41) is 0. The molecule has 0 unspecified atom stereocenters. The van der Waals surface area contributed by atoms with E-state index >= 15 is 0 Å². The van der Waals surface area contributed by atoms with Crippen LogP contribution in [-0.4, -0.2) is 29.9 Å². The molecule has 1 aromatic heterocycles. The summed E-state index contributed by atoms with van der Waals surface area (Å²) in [6, 6.07) is 11.7. The average Bonchev–Trinajstić information content (AvgIpc) is 2.46. The lowest BCUT2D eigenvalue weighted by Gasteiger charge is -2.11. The van der Waals surface area contributed by atoms with Crippen LogP contribution in [-0.2, 0) is 6.42 Å². The molecule has 98 valence electrons. The summed E-state index contributed by atoms with van der Waals surface area (Å²) in [7, 11) is 3.51. The zero-order chi connectivity index (χ0) is 13.8. The first-order valence-corrected chi connectivity index (χ1v) is 6.39. The molecule has 0 fully saturated rings. The van der Waals surface area contributed by atoms with Gasteiger partial charge in [0.1, 0.15) is 0 Å². The molecule has 3 nitrogen and oxygen atoms in total. The maximum absolute atomic E-state index is 11.8. The van der Waals surface area contributed by atoms with Gasteiger partial charge < -0.3 is 4.90 Å². The summed E-state index contributed by atoms with van der Waals surface area (Å²) in [4.78, 5) is 17.8. The molecule has 0 saturated carbocycles. The maximum atomic E-state index is 11.8. The number of aromatic nitrogens is 1. The van der Waals surface area contributed by atoms with E-state index in [4.69, 9.17) is 0 Å². The largest absolute Gasteiger partial charge is 0.345 e. The minimum atomic E-state index is 0.0217. The number of rotatable bonds is 3. The monoisotopic (exact) mass is 254 g/mol. The van der Waals surface area contributed by atoms with Crippen LogP contribution in [0.15, 0.2) is 42.6 Å². The van der Waals surface area contributed by atoms with Crippen molar-refractivity contribution in [2.75, 3.05) is 14.1 Å². The summed E-state index contributed by atoms with van der Waals surface area (Å²) < 4.78 is 0. The van der Waals surface area contributed by atoms with Crippen LogP contribution in [0.25, 0.3) is 11.1 Å². The van der Waals surface area contributed by atoms with E-state index in [1.54, 1.807) is 19.0 Å². The van der Waals surface area contributed by atoms with Crippen molar-refractivity contribution in [2.45, 2.75) is 13.3 Å². The Morgan fingerprint density at radius 3 is 2.42 bits per heavy atom. The van der Waals surface area contributed by atoms with E-state index in [1.165, 1.54) is 0 Å². The maximum Gasteiger partial charge on any atom is 0.253 e. The summed E-state index contributed by atoms with van der Waals surface area (Å²) in [6.45, 7) is 2.09. The van der Waals surface area contributed by atoms with Crippen molar-refractivity contribution in [2.24, 2.45) is 0 Å². The lowest BCUT2D eigenvalue weighted by atomic mass is 10.0. The average molecular weight is 254 g/mol. The van der Waals surface area contributed by atoms with Gasteiger partial charge in [-0.25, -0.2) is 0 Å². The third-order valence-corrected chi connectivity index (χ3v) is 3.07. The summed E-state index contributed by atoms with van der Waals surface area (Å²) in [6.07, 6.45) is 2.71. The van der Waals surface area contributed by atoms with E-state index in [9.17, 15) is 4.79 Å². The molecule has 0 N–H and O–H groups in total. The SMILES string of the molecule is CCc1ncccc1-c1ccc(C(=O)N(C)C)cc1. The second-order valence-electron chi connectivity index (χ2n) is 4.63. The highest BCUT2D eigenvalue weighted by Crippen LogP contribution is 2.23. The Kier molecular flexibility index (Phi) is 3.95. The number of carbonyl (C=O) groups excluding carboxylic acids is 1. The Labute approximate surface area is 113 Å². The van der Waals surface area contributed by atoms with Crippen LogP contribution in [0, 0.1) is 0 Å². The molecule has 1 heterocycles. The van der Waals surface area contributed by atoms with E-state index in [0.717, 1.165) is 23.2 Å². The molecule has 1 amide bonds. The number of carbonyl (C=O) groups is 1. The highest BCUT2D eigenvalue weighted by molar-refractivity contribution is 5.94. The molecule has 0 atom stereocenters. The van der Waals surface area contributed by atoms with Gasteiger partial charge in [0.15, 0.2) is 0 Å². The summed E-state index contributed by atoms with van der Waals surface area (Å²) in [5.74, 6) is 0.0217. The van der Waals surface area contributed by atoms with Crippen LogP contribution in [0.1, 0.15) is 23.0 Å². The van der Waals surface area contributed by atoms with Crippen molar-refractivity contribution in [1.29, 1.82) is 0 Å². The Balaban J connectivity index is 2.35. The smallest absolute Gasteiger partial charge is 0.253 e. The molecule has 2 aromatic rings. The third kappa shape index (κ3) is 2.81. The molecule has 0 saturated heterocycles. The van der Waals surface area contributed by atoms with Crippen molar-refractivity contribution < 1.29 is 4.79 Å². The molecular weight excluding hydrogens is 236 g/mol. The molecule has 2 rings (SSSR count). The zero-order valence-corrected chi connectivity index (χ0v) is 11.6. The first kappa shape index (κ1) is 13.3. The van der Waals surface area contributed by atoms with Gasteiger partial charge >= 0.3 is 0 Å². The minimum absolute atomic E-state index is 0.0217. The molecule has 0 radical (unpaired) electrons. The number of pyridine rings is 1. The molecule has 19 heavy (non-hydrogen) atoms. The minimum Gasteiger partial charge on any atom is -0.345 e. The lowest BCUT2D eigenvalue weighted by molar-refractivity contribution is 0.0827. The first-order chi connectivity index (χ1) is 9.13. The number of amides is 1. The zero-order valence-electron chi connectivity index (χ0n) is 11.6. The highest BCUT2D eigenvalue weighted by Gasteiger charge is 2.09. The molecular formula is C16H18N2O. The second-order valence-corrected chi connectivity index (χ2v) is 4.63. The molecule has 1 aromatic carbocycles. The van der Waals surface area contributed by atoms with Crippen molar-refractivity contribution in [3.05, 3.63) is 53.9 Å². The molecule has 0 aliphatic rings. The van der Waals surface area contributed by atoms with Crippen LogP contribution in [0.4, 0.5) is 0 Å². The normalized spacial score (nSPS) is 10.3. The van der Waals surface area contributed by atoms with Crippen LogP contribution in [0.3, 0.4) is 0 Å². The van der Waals surface area contributed by atoms with Gasteiger partial charge in [0, 0.05) is 37.1 Å². The molecule has 0 aliphatic carbocycles. The number of hydrogen-bond acceptors (Lipinski definition) is 2. The van der Waals surface area contributed by atoms with Gasteiger partial charge in [0.2, 0.25) is 0 Å². The number of nitrogens with zero attached hydrogens (tertiary/aromatic N) is 2. The topological polar surface area (TPSA) is 33.2 Å². The molecule has 0 aliphatic heterocycles. The van der Waals surface area contributed by atoms with Gasteiger partial charge in [0.05, 0.1) is 0 Å². The standard InChI is InChI=1S/C16H18N2O/c1-4-15-14(6-5-11-17-15)12-7-9-13(10-8-12)16(19)18(2)3/h5-11H,4H2,1-3H3. The van der Waals surface area contributed by atoms with Crippen LogP contribution >= 0.6 is 0 Å². The Morgan fingerprint density at radius 2 is 1.84 bits per heavy atom. The van der Waals surface area contributed by atoms with E-state index in [2.05, 4.69) is 18.0 Å². The molecule has 0 spiro atoms. The van der Waals surface area contributed by atoms with Crippen molar-refractivity contribution in [1.82, 2.24) is 9.88 Å². The highest BCUT2D eigenvalue weighted by atomic mass is 16.2. The van der Waals surface area contributed by atoms with E-state index < -0.39 is 0 Å². The van der Waals surface area contributed by atoms with Crippen molar-refractivity contribution in [3.8, 4) is 11.1 Å². The Morgan fingerprint density at radius 1 is 1.16 bits per heavy atom. The van der Waals surface area contributed by atoms with Crippen LogP contribution < -0.4 is 0 Å². The third-order valence-electron chi connectivity index (χ3n) is 3.07. The first-order valence-electron chi connectivity index (χ1n) is 6.39. The van der Waals surface area contributed by atoms with Gasteiger partial charge in [-0.2, -0.15) is 0 Å². The lowest BCUT2D eigenvalue weighted by Crippen LogP contribution is -2.21. The summed E-state index contributed by atoms with van der Waals surface area (Å²) in [5.41, 5.74) is 4.01. The predicted molar refractivity (Wildman–Crippen MR) is 77.1 cm³/mol. The van der Waals surface area contributed by atoms with Gasteiger partial charge in [-0.05, 0) is 30.2 Å². The van der Waals surface area contributed by atoms with Gasteiger partial charge in [-0.3, -0.25) is 9.78 Å². The second kappa shape index (κ2) is 5.65. The van der Waals surface area contributed by atoms with Crippen LogP contribution in [0.5, 0.6) is 0 Å². The fourth-order valence-corrected chi connectivity index (χ4v) is 2.03. The number of hydrogen-bond donors (Lipinski definition) is 0. The van der Waals surface area contributed by atoms with Crippen molar-refractivity contribution in [3.63, 3.8) is 0 Å². The Bertz CT molecular complexity index is 574. The van der Waals surface area contributed by atoms with Gasteiger partial charge in [-0.15, -0.1) is 0 Å². The molecule has 0 bridgehead atoms. The Hall–Kier alpha value is -2.16. The number of benzene rings is 1. The van der Waals surface area contributed by atoms with Crippen LogP contribution in [0.2, 0.25) is 0 Å². The molecule has 3 heteroatoms.